The molecule has 0 atom stereocenters. The molecule has 0 amide bonds. The summed E-state index contributed by atoms with van der Waals surface area (Å²) in [5, 5.41) is 9.85. The summed E-state index contributed by atoms with van der Waals surface area (Å²) in [4.78, 5) is 19.7. The Morgan fingerprint density at radius 1 is 0.792 bits per heavy atom. The van der Waals surface area contributed by atoms with E-state index >= 15 is 0 Å². The Kier molecular flexibility index (Phi) is 13.5. The van der Waals surface area contributed by atoms with Crippen LogP contribution in [-0.4, -0.2) is 70.3 Å². The van der Waals surface area contributed by atoms with Crippen molar-refractivity contribution in [3.8, 4) is 0 Å². The summed E-state index contributed by atoms with van der Waals surface area (Å²) in [5.41, 5.74) is 1.43. The molecule has 9 heteroatoms. The van der Waals surface area contributed by atoms with Gasteiger partial charge in [-0.15, -0.1) is 0 Å². The fourth-order valence-electron chi connectivity index (χ4n) is 8.70. The maximum atomic E-state index is 14.0. The Morgan fingerprint density at radius 3 is 1.92 bits per heavy atom. The van der Waals surface area contributed by atoms with Crippen LogP contribution in [0.25, 0.3) is 21.8 Å². The van der Waals surface area contributed by atoms with Crippen molar-refractivity contribution in [3.05, 3.63) is 45.4 Å². The summed E-state index contributed by atoms with van der Waals surface area (Å²) in [7, 11) is 0. The second-order valence-electron chi connectivity index (χ2n) is 14.7. The molecule has 4 heterocycles. The average Bonchev–Trinajstić information content (AvgIpc) is 3.34. The van der Waals surface area contributed by atoms with Gasteiger partial charge in [0, 0.05) is 46.7 Å². The molecule has 0 spiro atoms. The summed E-state index contributed by atoms with van der Waals surface area (Å²) in [5.74, 6) is 1.81. The van der Waals surface area contributed by atoms with Crippen molar-refractivity contribution in [3.63, 3.8) is 0 Å². The van der Waals surface area contributed by atoms with E-state index < -0.39 is 17.3 Å². The molecule has 48 heavy (non-hydrogen) atoms. The zero-order chi connectivity index (χ0) is 34.1. The van der Waals surface area contributed by atoms with Crippen LogP contribution in [0.4, 0.5) is 13.2 Å². The fourth-order valence-corrected chi connectivity index (χ4v) is 8.70. The summed E-state index contributed by atoms with van der Waals surface area (Å²) in [6.45, 7) is 12.0. The number of hydrogen-bond donors (Lipinski definition) is 2. The van der Waals surface area contributed by atoms with Crippen LogP contribution >= 0.6 is 0 Å². The number of nitrogens with zero attached hydrogens (tertiary/aromatic N) is 3. The number of H-pyrrole nitrogens is 1. The fraction of sp³-hybridized carbons (Fsp3) is 0.718. The molecule has 2 aliphatic rings. The minimum absolute atomic E-state index is 0.105. The molecule has 2 aromatic heterocycles. The number of benzene rings is 1. The van der Waals surface area contributed by atoms with Gasteiger partial charge >= 0.3 is 6.18 Å². The van der Waals surface area contributed by atoms with Gasteiger partial charge in [-0.1, -0.05) is 58.3 Å². The van der Waals surface area contributed by atoms with E-state index in [4.69, 9.17) is 5.11 Å². The predicted octanol–water partition coefficient (Wildman–Crippen LogP) is 8.69. The van der Waals surface area contributed by atoms with Gasteiger partial charge in [-0.05, 0) is 114 Å². The Balaban J connectivity index is 0.967. The number of alkyl halides is 3. The molecule has 6 nitrogen and oxygen atoms in total. The Bertz CT molecular complexity index is 1500. The molecule has 0 unspecified atom stereocenters. The molecule has 0 radical (unpaired) electrons. The number of rotatable bonds is 17. The summed E-state index contributed by atoms with van der Waals surface area (Å²) in [6, 6.07) is 4.19. The van der Waals surface area contributed by atoms with Gasteiger partial charge in [0.15, 0.2) is 0 Å². The van der Waals surface area contributed by atoms with Crippen LogP contribution in [-0.2, 0) is 19.1 Å². The number of aliphatic hydroxyl groups excluding tert-OH is 1. The van der Waals surface area contributed by atoms with Gasteiger partial charge in [0.05, 0.1) is 12.2 Å². The van der Waals surface area contributed by atoms with Crippen LogP contribution in [0.5, 0.6) is 0 Å². The third-order valence-corrected chi connectivity index (χ3v) is 11.5. The lowest BCUT2D eigenvalue weighted by atomic mass is 9.87. The second kappa shape index (κ2) is 17.5. The largest absolute Gasteiger partial charge is 0.417 e. The first-order valence-corrected chi connectivity index (χ1v) is 19.0. The maximum Gasteiger partial charge on any atom is 0.417 e. The number of nitrogens with one attached hydrogen (secondary N) is 1. The molecular formula is C39H59F3N4O2. The highest BCUT2D eigenvalue weighted by Crippen LogP contribution is 2.40. The number of aromatic nitrogens is 2. The maximum absolute atomic E-state index is 14.0. The van der Waals surface area contributed by atoms with Crippen molar-refractivity contribution in [2.24, 2.45) is 11.8 Å². The molecular weight excluding hydrogens is 613 g/mol. The van der Waals surface area contributed by atoms with Gasteiger partial charge in [0.2, 0.25) is 5.56 Å². The molecule has 2 aliphatic heterocycles. The number of halogens is 3. The number of pyridine rings is 1. The highest BCUT2D eigenvalue weighted by Gasteiger charge is 2.35. The number of β-amino-alcohol motifs (C(OH)–C–C–N with tert-alkyl or cyclic N) is 1. The summed E-state index contributed by atoms with van der Waals surface area (Å²) in [6.07, 6.45) is 14.1. The lowest BCUT2D eigenvalue weighted by Crippen LogP contribution is -2.35. The van der Waals surface area contributed by atoms with Crippen molar-refractivity contribution in [2.75, 3.05) is 45.9 Å². The molecule has 1 aromatic carbocycles. The van der Waals surface area contributed by atoms with Crippen LogP contribution in [0.1, 0.15) is 114 Å². The molecule has 2 saturated heterocycles. The van der Waals surface area contributed by atoms with Gasteiger partial charge in [-0.3, -0.25) is 4.79 Å². The van der Waals surface area contributed by atoms with Crippen LogP contribution < -0.4 is 5.56 Å². The van der Waals surface area contributed by atoms with Crippen molar-refractivity contribution < 1.29 is 18.3 Å². The standard InChI is InChI=1S/C39H59F3N4O2/c1-3-34-29(2)37-35(15-14-33-38(37)32(39(40,41)42)28-36(48)43-33)46(34)21-10-8-6-4-5-7-9-20-44-22-16-30(17-23-44)12-11-13-31-18-24-45(25-19-31)26-27-47/h14-15,28,30-31,47H,3-13,16-27H2,1-2H3,(H,43,48). The molecule has 268 valence electrons. The monoisotopic (exact) mass is 672 g/mol. The Hall–Kier alpha value is -2.36. The third kappa shape index (κ3) is 9.45. The number of hydrogen-bond acceptors (Lipinski definition) is 4. The van der Waals surface area contributed by atoms with Gasteiger partial charge < -0.3 is 24.5 Å². The topological polar surface area (TPSA) is 64.5 Å². The first kappa shape index (κ1) is 36.9. The summed E-state index contributed by atoms with van der Waals surface area (Å²) < 4.78 is 44.2. The van der Waals surface area contributed by atoms with Gasteiger partial charge in [-0.2, -0.15) is 13.2 Å². The number of aryl methyl sites for hydroxylation is 2. The van der Waals surface area contributed by atoms with Gasteiger partial charge in [0.25, 0.3) is 0 Å². The first-order valence-electron chi connectivity index (χ1n) is 19.0. The van der Waals surface area contributed by atoms with Crippen LogP contribution in [0.15, 0.2) is 23.0 Å². The third-order valence-electron chi connectivity index (χ3n) is 11.5. The van der Waals surface area contributed by atoms with E-state index in [1.54, 1.807) is 6.07 Å². The lowest BCUT2D eigenvalue weighted by molar-refractivity contribution is -0.136. The Morgan fingerprint density at radius 2 is 1.35 bits per heavy atom. The molecule has 3 aromatic rings. The van der Waals surface area contributed by atoms with Crippen molar-refractivity contribution in [2.45, 2.75) is 123 Å². The van der Waals surface area contributed by atoms with Crippen molar-refractivity contribution in [1.29, 1.82) is 0 Å². The van der Waals surface area contributed by atoms with E-state index in [-0.39, 0.29) is 17.5 Å². The zero-order valence-electron chi connectivity index (χ0n) is 29.5. The molecule has 0 bridgehead atoms. The summed E-state index contributed by atoms with van der Waals surface area (Å²) >= 11 is 0. The molecule has 0 saturated carbocycles. The number of aromatic amines is 1. The number of piperidine rings is 2. The lowest BCUT2D eigenvalue weighted by Gasteiger charge is -2.33. The van der Waals surface area contributed by atoms with Crippen LogP contribution in [0.3, 0.4) is 0 Å². The smallest absolute Gasteiger partial charge is 0.395 e. The second-order valence-corrected chi connectivity index (χ2v) is 14.7. The normalized spacial score (nSPS) is 17.7. The van der Waals surface area contributed by atoms with E-state index in [0.717, 1.165) is 61.0 Å². The number of fused-ring (bicyclic) bond motifs is 3. The van der Waals surface area contributed by atoms with Crippen LogP contribution in [0, 0.1) is 18.8 Å². The van der Waals surface area contributed by atoms with Crippen molar-refractivity contribution >= 4 is 21.8 Å². The van der Waals surface area contributed by atoms with E-state index in [2.05, 4.69) is 26.3 Å². The average molecular weight is 673 g/mol. The predicted molar refractivity (Wildman–Crippen MR) is 191 cm³/mol. The van der Waals surface area contributed by atoms with E-state index in [1.165, 1.54) is 110 Å². The van der Waals surface area contributed by atoms with E-state index in [9.17, 15) is 18.0 Å². The quantitative estimate of drug-likeness (QED) is 0.141. The molecule has 5 rings (SSSR count). The van der Waals surface area contributed by atoms with Crippen molar-refractivity contribution in [1.82, 2.24) is 19.4 Å². The van der Waals surface area contributed by atoms with E-state index in [1.807, 2.05) is 13.0 Å². The number of aliphatic hydroxyl groups is 1. The molecule has 0 aliphatic carbocycles. The van der Waals surface area contributed by atoms with Crippen LogP contribution in [0.2, 0.25) is 0 Å². The number of unbranched alkanes of at least 4 members (excludes halogenated alkanes) is 6. The minimum Gasteiger partial charge on any atom is -0.395 e. The van der Waals surface area contributed by atoms with E-state index in [0.29, 0.717) is 11.5 Å². The Labute approximate surface area is 285 Å². The zero-order valence-corrected chi connectivity index (χ0v) is 29.5. The van der Waals surface area contributed by atoms with Gasteiger partial charge in [0.1, 0.15) is 0 Å². The molecule has 2 fully saturated rings. The minimum atomic E-state index is -4.60. The van der Waals surface area contributed by atoms with Gasteiger partial charge in [-0.25, -0.2) is 0 Å². The highest BCUT2D eigenvalue weighted by molar-refractivity contribution is 6.09. The number of likely N-dealkylation sites (tertiary alicyclic amines) is 2. The molecule has 2 N–H and O–H groups in total. The SMILES string of the molecule is CCc1c(C)c2c3c(C(F)(F)F)cc(=O)[nH]c3ccc2n1CCCCCCCCCN1CCC(CCCC2CCN(CCO)CC2)CC1. The highest BCUT2D eigenvalue weighted by atomic mass is 19.4. The first-order chi connectivity index (χ1) is 23.2.